The first-order chi connectivity index (χ1) is 11.5. The second kappa shape index (κ2) is 6.24. The van der Waals surface area contributed by atoms with Gasteiger partial charge in [-0.2, -0.15) is 4.98 Å². The zero-order valence-electron chi connectivity index (χ0n) is 13.3. The van der Waals surface area contributed by atoms with Gasteiger partial charge < -0.3 is 9.47 Å². The van der Waals surface area contributed by atoms with Gasteiger partial charge in [0, 0.05) is 5.56 Å². The summed E-state index contributed by atoms with van der Waals surface area (Å²) in [5.74, 6) is -0.279. The Morgan fingerprint density at radius 3 is 2.58 bits per heavy atom. The minimum absolute atomic E-state index is 0.125. The number of rotatable bonds is 4. The zero-order chi connectivity index (χ0) is 17.4. The largest absolute Gasteiger partial charge is 0.493 e. The molecule has 126 valence electrons. The van der Waals surface area contributed by atoms with Crippen LogP contribution in [-0.4, -0.2) is 30.1 Å². The van der Waals surface area contributed by atoms with Crippen molar-refractivity contribution >= 4 is 23.3 Å². The lowest BCUT2D eigenvalue weighted by Gasteiger charge is -2.23. The number of nitrogens with zero attached hydrogens (tertiary/aromatic N) is 3. The van der Waals surface area contributed by atoms with Gasteiger partial charge in [-0.3, -0.25) is 9.69 Å². The van der Waals surface area contributed by atoms with E-state index in [1.54, 1.807) is 12.1 Å². The van der Waals surface area contributed by atoms with Crippen LogP contribution in [0.4, 0.5) is 10.2 Å². The van der Waals surface area contributed by atoms with E-state index in [0.717, 1.165) is 11.8 Å². The maximum atomic E-state index is 14.2. The molecule has 0 radical (unpaired) electrons. The molecule has 0 aliphatic carbocycles. The number of hydrogen-bond donors (Lipinski definition) is 0. The van der Waals surface area contributed by atoms with Crippen molar-refractivity contribution in [1.82, 2.24) is 9.97 Å². The van der Waals surface area contributed by atoms with Crippen molar-refractivity contribution in [2.75, 3.05) is 19.1 Å². The molecule has 0 unspecified atom stereocenters. The number of carbonyl (C=O) groups is 1. The van der Waals surface area contributed by atoms with Crippen LogP contribution >= 0.6 is 11.6 Å². The van der Waals surface area contributed by atoms with Crippen LogP contribution in [0.5, 0.6) is 11.5 Å². The second-order valence-corrected chi connectivity index (χ2v) is 5.54. The highest BCUT2D eigenvalue weighted by atomic mass is 35.5. The van der Waals surface area contributed by atoms with Crippen LogP contribution in [0.25, 0.3) is 0 Å². The number of ether oxygens (including phenoxy) is 2. The molecule has 3 rings (SSSR count). The maximum absolute atomic E-state index is 14.2. The van der Waals surface area contributed by atoms with Crippen LogP contribution in [0.1, 0.15) is 35.3 Å². The Bertz CT molecular complexity index is 815. The monoisotopic (exact) mass is 351 g/mol. The van der Waals surface area contributed by atoms with Gasteiger partial charge in [-0.25, -0.2) is 9.37 Å². The Morgan fingerprint density at radius 2 is 1.96 bits per heavy atom. The van der Waals surface area contributed by atoms with Crippen molar-refractivity contribution < 1.29 is 18.7 Å². The first kappa shape index (κ1) is 16.4. The third-order valence-electron chi connectivity index (χ3n) is 3.99. The van der Waals surface area contributed by atoms with E-state index in [2.05, 4.69) is 9.97 Å². The number of carbonyl (C=O) groups excluding carboxylic acids is 1. The summed E-state index contributed by atoms with van der Waals surface area (Å²) in [4.78, 5) is 21.6. The van der Waals surface area contributed by atoms with Crippen LogP contribution in [0.2, 0.25) is 5.28 Å². The number of amides is 1. The second-order valence-electron chi connectivity index (χ2n) is 5.20. The van der Waals surface area contributed by atoms with Crippen molar-refractivity contribution in [3.8, 4) is 11.5 Å². The van der Waals surface area contributed by atoms with Crippen molar-refractivity contribution in [1.29, 1.82) is 0 Å². The van der Waals surface area contributed by atoms with Crippen LogP contribution in [0, 0.1) is 5.82 Å². The predicted molar refractivity (Wildman–Crippen MR) is 86.4 cm³/mol. The number of aromatic nitrogens is 2. The van der Waals surface area contributed by atoms with Gasteiger partial charge in [-0.1, -0.05) is 6.92 Å². The molecule has 0 saturated heterocycles. The minimum Gasteiger partial charge on any atom is -0.493 e. The van der Waals surface area contributed by atoms with Gasteiger partial charge in [0.15, 0.2) is 23.1 Å². The van der Waals surface area contributed by atoms with Crippen molar-refractivity contribution in [2.24, 2.45) is 0 Å². The van der Waals surface area contributed by atoms with Crippen LogP contribution < -0.4 is 14.4 Å². The number of benzene rings is 1. The van der Waals surface area contributed by atoms with E-state index in [-0.39, 0.29) is 23.1 Å². The fraction of sp³-hybridized carbons (Fsp3) is 0.312. The van der Waals surface area contributed by atoms with E-state index in [9.17, 15) is 9.18 Å². The highest BCUT2D eigenvalue weighted by Gasteiger charge is 2.40. The Morgan fingerprint density at radius 1 is 1.29 bits per heavy atom. The molecule has 0 fully saturated rings. The average molecular weight is 352 g/mol. The topological polar surface area (TPSA) is 64.6 Å². The minimum atomic E-state index is -0.710. The quantitative estimate of drug-likeness (QED) is 0.790. The smallest absolute Gasteiger partial charge is 0.260 e. The molecular weight excluding hydrogens is 337 g/mol. The number of halogens is 2. The third kappa shape index (κ3) is 2.45. The summed E-state index contributed by atoms with van der Waals surface area (Å²) < 4.78 is 24.7. The first-order valence-corrected chi connectivity index (χ1v) is 7.67. The summed E-state index contributed by atoms with van der Waals surface area (Å²) in [5, 5.41) is -0.125. The summed E-state index contributed by atoms with van der Waals surface area (Å²) >= 11 is 5.77. The van der Waals surface area contributed by atoms with Gasteiger partial charge in [0.1, 0.15) is 0 Å². The fourth-order valence-corrected chi connectivity index (χ4v) is 3.05. The van der Waals surface area contributed by atoms with Gasteiger partial charge in [-0.05, 0) is 35.7 Å². The van der Waals surface area contributed by atoms with E-state index < -0.39 is 5.82 Å². The Labute approximate surface area is 143 Å². The van der Waals surface area contributed by atoms with E-state index in [0.29, 0.717) is 23.5 Å². The van der Waals surface area contributed by atoms with Gasteiger partial charge in [0.2, 0.25) is 5.28 Å². The summed E-state index contributed by atoms with van der Waals surface area (Å²) in [6, 6.07) is 2.95. The third-order valence-corrected chi connectivity index (χ3v) is 4.17. The highest BCUT2D eigenvalue weighted by molar-refractivity contribution is 6.28. The lowest BCUT2D eigenvalue weighted by molar-refractivity contribution is 0.0988. The summed E-state index contributed by atoms with van der Waals surface area (Å²) in [6.45, 7) is 1.90. The lowest BCUT2D eigenvalue weighted by atomic mass is 10.0. The zero-order valence-corrected chi connectivity index (χ0v) is 14.1. The Kier molecular flexibility index (Phi) is 4.28. The molecule has 1 atom stereocenters. The number of anilines is 1. The van der Waals surface area contributed by atoms with Crippen molar-refractivity contribution in [3.63, 3.8) is 0 Å². The number of fused-ring (bicyclic) bond motifs is 1. The molecule has 1 aromatic carbocycles. The van der Waals surface area contributed by atoms with Crippen molar-refractivity contribution in [2.45, 2.75) is 19.4 Å². The molecule has 6 nitrogen and oxygen atoms in total. The number of methoxy groups -OCH3 is 2. The van der Waals surface area contributed by atoms with Crippen LogP contribution in [0.3, 0.4) is 0 Å². The molecule has 2 heterocycles. The molecule has 24 heavy (non-hydrogen) atoms. The first-order valence-electron chi connectivity index (χ1n) is 7.29. The van der Waals surface area contributed by atoms with Gasteiger partial charge in [0.25, 0.3) is 5.91 Å². The molecule has 2 aromatic rings. The van der Waals surface area contributed by atoms with Crippen LogP contribution in [0.15, 0.2) is 18.3 Å². The molecule has 0 saturated carbocycles. The van der Waals surface area contributed by atoms with E-state index in [4.69, 9.17) is 21.1 Å². The van der Waals surface area contributed by atoms with E-state index in [1.165, 1.54) is 19.1 Å². The van der Waals surface area contributed by atoms with Gasteiger partial charge in [-0.15, -0.1) is 0 Å². The molecule has 8 heteroatoms. The van der Waals surface area contributed by atoms with Gasteiger partial charge >= 0.3 is 0 Å². The standard InChI is InChI=1S/C16H15ClFN3O3/c1-4-11-8-5-12(23-2)13(24-3)6-9(8)15(22)21(11)14-10(18)7-19-16(17)20-14/h5-7,11H,4H2,1-3H3/t11-/m0/s1. The average Bonchev–Trinajstić information content (AvgIpc) is 2.87. The molecule has 1 amide bonds. The Hall–Kier alpha value is -2.41. The number of hydrogen-bond acceptors (Lipinski definition) is 5. The molecule has 1 aliphatic rings. The lowest BCUT2D eigenvalue weighted by Crippen LogP contribution is -2.29. The molecule has 1 aromatic heterocycles. The van der Waals surface area contributed by atoms with E-state index >= 15 is 0 Å². The summed E-state index contributed by atoms with van der Waals surface area (Å²) in [6.07, 6.45) is 1.52. The molecule has 0 spiro atoms. The molecular formula is C16H15ClFN3O3. The van der Waals surface area contributed by atoms with E-state index in [1.807, 2.05) is 6.92 Å². The van der Waals surface area contributed by atoms with Crippen molar-refractivity contribution in [3.05, 3.63) is 40.6 Å². The van der Waals surface area contributed by atoms with Gasteiger partial charge in [0.05, 0.1) is 26.5 Å². The van der Waals surface area contributed by atoms with Crippen LogP contribution in [-0.2, 0) is 0 Å². The Balaban J connectivity index is 2.17. The maximum Gasteiger partial charge on any atom is 0.260 e. The molecule has 1 aliphatic heterocycles. The molecule has 0 N–H and O–H groups in total. The summed E-state index contributed by atoms with van der Waals surface area (Å²) in [7, 11) is 3.01. The predicted octanol–water partition coefficient (Wildman–Crippen LogP) is 3.40. The summed E-state index contributed by atoms with van der Waals surface area (Å²) in [5.41, 5.74) is 1.16. The highest BCUT2D eigenvalue weighted by Crippen LogP contribution is 2.44. The SMILES string of the molecule is CC[C@H]1c2cc(OC)c(OC)cc2C(=O)N1c1nc(Cl)ncc1F. The normalized spacial score (nSPS) is 16.3. The fourth-order valence-electron chi connectivity index (χ4n) is 2.92. The molecule has 0 bridgehead atoms.